The topological polar surface area (TPSA) is 92.4 Å². The first-order valence-corrected chi connectivity index (χ1v) is 6.90. The molecule has 0 spiro atoms. The Labute approximate surface area is 102 Å². The molecule has 0 saturated heterocycles. The number of rotatable bonds is 6. The van der Waals surface area contributed by atoms with Gasteiger partial charge in [-0.25, -0.2) is 13.1 Å². The second-order valence-electron chi connectivity index (χ2n) is 4.04. The summed E-state index contributed by atoms with van der Waals surface area (Å²) in [5, 5.41) is 8.72. The highest BCUT2D eigenvalue weighted by Gasteiger charge is 2.14. The lowest BCUT2D eigenvalue weighted by atomic mass is 10.1. The van der Waals surface area contributed by atoms with E-state index in [0.717, 1.165) is 0 Å². The van der Waals surface area contributed by atoms with Crippen LogP contribution in [0, 0.1) is 5.92 Å². The van der Waals surface area contributed by atoms with E-state index < -0.39 is 10.0 Å². The number of nitrogens with two attached hydrogens (primary N) is 1. The second kappa shape index (κ2) is 6.00. The highest BCUT2D eigenvalue weighted by Crippen LogP contribution is 2.11. The third-order valence-corrected chi connectivity index (χ3v) is 3.87. The van der Waals surface area contributed by atoms with E-state index in [9.17, 15) is 8.42 Å². The van der Waals surface area contributed by atoms with Crippen molar-refractivity contribution in [1.29, 1.82) is 0 Å². The van der Waals surface area contributed by atoms with Gasteiger partial charge in [-0.15, -0.1) is 0 Å². The van der Waals surface area contributed by atoms with E-state index in [-0.39, 0.29) is 17.4 Å². The van der Waals surface area contributed by atoms with E-state index in [2.05, 4.69) is 4.72 Å². The average Bonchev–Trinajstić information content (AvgIpc) is 2.28. The molecule has 1 aromatic rings. The molecule has 1 aromatic carbocycles. The lowest BCUT2D eigenvalue weighted by Gasteiger charge is -2.11. The average molecular weight is 258 g/mol. The molecule has 0 aliphatic rings. The number of hydrogen-bond acceptors (Lipinski definition) is 4. The summed E-state index contributed by atoms with van der Waals surface area (Å²) in [6.07, 6.45) is 0.574. The van der Waals surface area contributed by atoms with E-state index >= 15 is 0 Å². The van der Waals surface area contributed by atoms with Gasteiger partial charge in [0.25, 0.3) is 0 Å². The maximum Gasteiger partial charge on any atom is 0.240 e. The summed E-state index contributed by atoms with van der Waals surface area (Å²) >= 11 is 0. The molecule has 0 amide bonds. The number of aliphatic hydroxyl groups is 1. The minimum atomic E-state index is -3.48. The lowest BCUT2D eigenvalue weighted by molar-refractivity contribution is 0.263. The molecular formula is C11H18N2O3S. The van der Waals surface area contributed by atoms with Gasteiger partial charge in [0.15, 0.2) is 0 Å². The van der Waals surface area contributed by atoms with Crippen molar-refractivity contribution in [3.05, 3.63) is 24.3 Å². The normalized spacial score (nSPS) is 13.5. The van der Waals surface area contributed by atoms with Crippen molar-refractivity contribution >= 4 is 15.7 Å². The molecule has 0 heterocycles. The van der Waals surface area contributed by atoms with Gasteiger partial charge in [-0.05, 0) is 36.6 Å². The van der Waals surface area contributed by atoms with Gasteiger partial charge in [0.2, 0.25) is 10.0 Å². The third kappa shape index (κ3) is 4.33. The minimum absolute atomic E-state index is 0.0603. The first-order chi connectivity index (χ1) is 7.95. The number of nitrogen functional groups attached to an aromatic ring is 1. The van der Waals surface area contributed by atoms with Crippen molar-refractivity contribution in [2.45, 2.75) is 18.2 Å². The zero-order valence-electron chi connectivity index (χ0n) is 9.76. The van der Waals surface area contributed by atoms with Crippen LogP contribution in [0.3, 0.4) is 0 Å². The number of benzene rings is 1. The van der Waals surface area contributed by atoms with E-state index in [1.165, 1.54) is 12.1 Å². The fourth-order valence-corrected chi connectivity index (χ4v) is 2.47. The van der Waals surface area contributed by atoms with Gasteiger partial charge in [0, 0.05) is 18.8 Å². The first-order valence-electron chi connectivity index (χ1n) is 5.42. The predicted octanol–water partition coefficient (Wildman–Crippen LogP) is 0.566. The molecule has 4 N–H and O–H groups in total. The van der Waals surface area contributed by atoms with Crippen molar-refractivity contribution in [1.82, 2.24) is 4.72 Å². The summed E-state index contributed by atoms with van der Waals surface area (Å²) in [5.74, 6) is 0.101. The zero-order valence-corrected chi connectivity index (χ0v) is 10.6. The molecule has 6 heteroatoms. The van der Waals surface area contributed by atoms with Crippen molar-refractivity contribution in [2.24, 2.45) is 5.92 Å². The number of aliphatic hydroxyl groups excluding tert-OH is 1. The van der Waals surface area contributed by atoms with Crippen LogP contribution in [-0.2, 0) is 10.0 Å². The van der Waals surface area contributed by atoms with Crippen LogP contribution in [-0.4, -0.2) is 26.7 Å². The Morgan fingerprint density at radius 1 is 1.35 bits per heavy atom. The smallest absolute Gasteiger partial charge is 0.240 e. The fourth-order valence-electron chi connectivity index (χ4n) is 1.30. The van der Waals surface area contributed by atoms with Crippen LogP contribution in [0.25, 0.3) is 0 Å². The molecule has 17 heavy (non-hydrogen) atoms. The maximum absolute atomic E-state index is 11.8. The van der Waals surface area contributed by atoms with Crippen LogP contribution in [0.15, 0.2) is 29.2 Å². The van der Waals surface area contributed by atoms with Crippen LogP contribution < -0.4 is 10.5 Å². The molecule has 5 nitrogen and oxygen atoms in total. The van der Waals surface area contributed by atoms with Crippen molar-refractivity contribution in [3.8, 4) is 0 Å². The Morgan fingerprint density at radius 2 is 1.94 bits per heavy atom. The van der Waals surface area contributed by atoms with Gasteiger partial charge < -0.3 is 10.8 Å². The SMILES string of the molecule is CC(CCO)CNS(=O)(=O)c1ccc(N)cc1. The number of hydrogen-bond donors (Lipinski definition) is 3. The zero-order chi connectivity index (χ0) is 12.9. The third-order valence-electron chi connectivity index (χ3n) is 2.43. The summed E-state index contributed by atoms with van der Waals surface area (Å²) in [6, 6.07) is 6.03. The van der Waals surface area contributed by atoms with Gasteiger partial charge in [0.05, 0.1) is 4.90 Å². The minimum Gasteiger partial charge on any atom is -0.399 e. The molecule has 0 saturated carbocycles. The Kier molecular flexibility index (Phi) is 4.92. The van der Waals surface area contributed by atoms with Gasteiger partial charge >= 0.3 is 0 Å². The molecule has 0 aliphatic heterocycles. The van der Waals surface area contributed by atoms with Gasteiger partial charge in [0.1, 0.15) is 0 Å². The van der Waals surface area contributed by atoms with Crippen LogP contribution >= 0.6 is 0 Å². The molecule has 0 bridgehead atoms. The van der Waals surface area contributed by atoms with Gasteiger partial charge in [-0.1, -0.05) is 6.92 Å². The molecule has 0 radical (unpaired) electrons. The van der Waals surface area contributed by atoms with E-state index in [0.29, 0.717) is 18.7 Å². The Balaban J connectivity index is 2.66. The van der Waals surface area contributed by atoms with E-state index in [4.69, 9.17) is 10.8 Å². The summed E-state index contributed by atoms with van der Waals surface area (Å²) in [6.45, 7) is 2.25. The highest BCUT2D eigenvalue weighted by atomic mass is 32.2. The van der Waals surface area contributed by atoms with E-state index in [1.54, 1.807) is 12.1 Å². The van der Waals surface area contributed by atoms with Crippen LogP contribution in [0.5, 0.6) is 0 Å². The standard InChI is InChI=1S/C11H18N2O3S/c1-9(6-7-14)8-13-17(15,16)11-4-2-10(12)3-5-11/h2-5,9,13-14H,6-8,12H2,1H3. The predicted molar refractivity (Wildman–Crippen MR) is 66.9 cm³/mol. The van der Waals surface area contributed by atoms with Crippen LogP contribution in [0.2, 0.25) is 0 Å². The molecule has 1 unspecified atom stereocenters. The monoisotopic (exact) mass is 258 g/mol. The molecular weight excluding hydrogens is 240 g/mol. The summed E-state index contributed by atoms with van der Waals surface area (Å²) in [5.41, 5.74) is 6.01. The van der Waals surface area contributed by atoms with E-state index in [1.807, 2.05) is 6.92 Å². The van der Waals surface area contributed by atoms with Crippen molar-refractivity contribution in [2.75, 3.05) is 18.9 Å². The van der Waals surface area contributed by atoms with Crippen LogP contribution in [0.1, 0.15) is 13.3 Å². The fraction of sp³-hybridized carbons (Fsp3) is 0.455. The molecule has 1 atom stereocenters. The van der Waals surface area contributed by atoms with Gasteiger partial charge in [-0.2, -0.15) is 0 Å². The first kappa shape index (κ1) is 14.0. The molecule has 0 aromatic heterocycles. The summed E-state index contributed by atoms with van der Waals surface area (Å²) in [4.78, 5) is 0.197. The van der Waals surface area contributed by atoms with Crippen molar-refractivity contribution < 1.29 is 13.5 Å². The second-order valence-corrected chi connectivity index (χ2v) is 5.81. The number of anilines is 1. The molecule has 0 aliphatic carbocycles. The van der Waals surface area contributed by atoms with Crippen LogP contribution in [0.4, 0.5) is 5.69 Å². The molecule has 96 valence electrons. The van der Waals surface area contributed by atoms with Gasteiger partial charge in [-0.3, -0.25) is 0 Å². The Morgan fingerprint density at radius 3 is 2.47 bits per heavy atom. The largest absolute Gasteiger partial charge is 0.399 e. The summed E-state index contributed by atoms with van der Waals surface area (Å²) in [7, 11) is -3.48. The summed E-state index contributed by atoms with van der Waals surface area (Å²) < 4.78 is 26.2. The maximum atomic E-state index is 11.8. The quantitative estimate of drug-likeness (QED) is 0.650. The number of nitrogens with one attached hydrogen (secondary N) is 1. The highest BCUT2D eigenvalue weighted by molar-refractivity contribution is 7.89. The molecule has 1 rings (SSSR count). The lowest BCUT2D eigenvalue weighted by Crippen LogP contribution is -2.28. The van der Waals surface area contributed by atoms with Crippen molar-refractivity contribution in [3.63, 3.8) is 0 Å². The number of sulfonamides is 1. The Hall–Kier alpha value is -1.11. The Bertz CT molecular complexity index is 442. The molecule has 0 fully saturated rings.